The first kappa shape index (κ1) is 9.87. The number of anilines is 1. The summed E-state index contributed by atoms with van der Waals surface area (Å²) in [5.41, 5.74) is 2.65. The summed E-state index contributed by atoms with van der Waals surface area (Å²) >= 11 is 1.99. The van der Waals surface area contributed by atoms with Gasteiger partial charge in [0.2, 0.25) is 0 Å². The number of benzene rings is 1. The average molecular weight is 208 g/mol. The van der Waals surface area contributed by atoms with E-state index in [1.165, 1.54) is 17.0 Å². The van der Waals surface area contributed by atoms with Gasteiger partial charge in [0, 0.05) is 32.1 Å². The maximum Gasteiger partial charge on any atom is 0.0790 e. The van der Waals surface area contributed by atoms with Crippen LogP contribution in [-0.2, 0) is 0 Å². The average Bonchev–Trinajstić information content (AvgIpc) is 2.71. The van der Waals surface area contributed by atoms with E-state index in [0.717, 1.165) is 6.54 Å². The van der Waals surface area contributed by atoms with Gasteiger partial charge >= 0.3 is 0 Å². The molecule has 1 aliphatic heterocycles. The van der Waals surface area contributed by atoms with Crippen molar-refractivity contribution < 1.29 is 0 Å². The summed E-state index contributed by atoms with van der Waals surface area (Å²) in [6, 6.07) is 8.78. The predicted molar refractivity (Wildman–Crippen MR) is 64.0 cm³/mol. The molecule has 3 heteroatoms. The fourth-order valence-corrected chi connectivity index (χ4v) is 2.64. The second-order valence-corrected chi connectivity index (χ2v) is 4.90. The highest BCUT2D eigenvalue weighted by Crippen LogP contribution is 2.30. The molecule has 1 saturated heterocycles. The van der Waals surface area contributed by atoms with Crippen LogP contribution in [0.1, 0.15) is 10.9 Å². The molecule has 1 fully saturated rings. The zero-order valence-corrected chi connectivity index (χ0v) is 9.47. The summed E-state index contributed by atoms with van der Waals surface area (Å²) in [5.74, 6) is 1.22. The summed E-state index contributed by atoms with van der Waals surface area (Å²) < 4.78 is 0. The second-order valence-electron chi connectivity index (χ2n) is 3.69. The highest BCUT2D eigenvalue weighted by atomic mass is 32.2. The van der Waals surface area contributed by atoms with Crippen LogP contribution in [0, 0.1) is 0 Å². The Bertz CT molecular complexity index is 289. The molecule has 0 spiro atoms. The van der Waals surface area contributed by atoms with Crippen LogP contribution < -0.4 is 10.2 Å². The Kier molecular flexibility index (Phi) is 2.99. The van der Waals surface area contributed by atoms with E-state index < -0.39 is 0 Å². The molecule has 76 valence electrons. The highest BCUT2D eigenvalue weighted by molar-refractivity contribution is 7.99. The maximum atomic E-state index is 3.47. The zero-order valence-electron chi connectivity index (χ0n) is 8.66. The number of nitrogens with zero attached hydrogens (tertiary/aromatic N) is 1. The number of hydrogen-bond donors (Lipinski definition) is 1. The molecule has 2 rings (SSSR count). The van der Waals surface area contributed by atoms with Crippen LogP contribution in [0.15, 0.2) is 24.3 Å². The molecular weight excluding hydrogens is 192 g/mol. The topological polar surface area (TPSA) is 15.3 Å². The van der Waals surface area contributed by atoms with Crippen LogP contribution >= 0.6 is 11.8 Å². The van der Waals surface area contributed by atoms with Crippen LogP contribution in [0.3, 0.4) is 0 Å². The van der Waals surface area contributed by atoms with E-state index in [4.69, 9.17) is 0 Å². The van der Waals surface area contributed by atoms with Gasteiger partial charge in [-0.3, -0.25) is 0 Å². The lowest BCUT2D eigenvalue weighted by Gasteiger charge is -2.14. The molecule has 0 saturated carbocycles. The van der Waals surface area contributed by atoms with Crippen molar-refractivity contribution in [2.24, 2.45) is 0 Å². The molecule has 0 amide bonds. The van der Waals surface area contributed by atoms with Gasteiger partial charge in [-0.15, -0.1) is 11.8 Å². The van der Waals surface area contributed by atoms with Crippen LogP contribution in [-0.4, -0.2) is 26.4 Å². The predicted octanol–water partition coefficient (Wildman–Crippen LogP) is 2.09. The number of rotatable bonds is 2. The molecule has 0 aromatic heterocycles. The molecular formula is C11H16N2S. The highest BCUT2D eigenvalue weighted by Gasteiger charge is 2.16. The normalized spacial score (nSPS) is 21.1. The van der Waals surface area contributed by atoms with Gasteiger partial charge < -0.3 is 10.2 Å². The molecule has 1 aliphatic rings. The molecule has 0 bridgehead atoms. The van der Waals surface area contributed by atoms with Gasteiger partial charge in [0.15, 0.2) is 0 Å². The van der Waals surface area contributed by atoms with E-state index >= 15 is 0 Å². The molecule has 1 aromatic carbocycles. The van der Waals surface area contributed by atoms with E-state index in [1.54, 1.807) is 0 Å². The Balaban J connectivity index is 2.12. The Hall–Kier alpha value is -0.670. The second kappa shape index (κ2) is 4.24. The van der Waals surface area contributed by atoms with E-state index in [1.807, 2.05) is 11.8 Å². The molecule has 1 atom stereocenters. The fourth-order valence-electron chi connectivity index (χ4n) is 1.59. The summed E-state index contributed by atoms with van der Waals surface area (Å²) in [5, 5.41) is 3.98. The van der Waals surface area contributed by atoms with Gasteiger partial charge in [-0.2, -0.15) is 0 Å². The summed E-state index contributed by atoms with van der Waals surface area (Å²) in [7, 11) is 4.13. The van der Waals surface area contributed by atoms with E-state index in [2.05, 4.69) is 48.6 Å². The number of thioether (sulfide) groups is 1. The van der Waals surface area contributed by atoms with E-state index in [9.17, 15) is 0 Å². The largest absolute Gasteiger partial charge is 0.378 e. The minimum atomic E-state index is 0.506. The maximum absolute atomic E-state index is 3.47. The van der Waals surface area contributed by atoms with Gasteiger partial charge in [0.25, 0.3) is 0 Å². The smallest absolute Gasteiger partial charge is 0.0790 e. The standard InChI is InChI=1S/C11H16N2S/c1-13(2)10-5-3-9(4-6-10)11-12-7-8-14-11/h3-6,11-12H,7-8H2,1-2H3/t11-/m1/s1. The van der Waals surface area contributed by atoms with E-state index in [-0.39, 0.29) is 0 Å². The Morgan fingerprint density at radius 1 is 1.29 bits per heavy atom. The minimum absolute atomic E-state index is 0.506. The van der Waals surface area contributed by atoms with Gasteiger partial charge in [0.1, 0.15) is 0 Å². The van der Waals surface area contributed by atoms with Crippen molar-refractivity contribution in [3.63, 3.8) is 0 Å². The Labute approximate surface area is 89.7 Å². The van der Waals surface area contributed by atoms with Gasteiger partial charge in [-0.25, -0.2) is 0 Å². The molecule has 1 aromatic rings. The Morgan fingerprint density at radius 3 is 2.50 bits per heavy atom. The molecule has 1 N–H and O–H groups in total. The first-order chi connectivity index (χ1) is 6.77. The van der Waals surface area contributed by atoms with Crippen molar-refractivity contribution in [3.8, 4) is 0 Å². The molecule has 0 radical (unpaired) electrons. The Morgan fingerprint density at radius 2 is 2.00 bits per heavy atom. The van der Waals surface area contributed by atoms with Crippen molar-refractivity contribution in [1.29, 1.82) is 0 Å². The lowest BCUT2D eigenvalue weighted by Crippen LogP contribution is -2.12. The van der Waals surface area contributed by atoms with Crippen LogP contribution in [0.2, 0.25) is 0 Å². The summed E-state index contributed by atoms with van der Waals surface area (Å²) in [6.07, 6.45) is 0. The molecule has 0 aliphatic carbocycles. The van der Waals surface area contributed by atoms with Crippen LogP contribution in [0.5, 0.6) is 0 Å². The lowest BCUT2D eigenvalue weighted by atomic mass is 10.2. The third kappa shape index (κ3) is 2.04. The van der Waals surface area contributed by atoms with Crippen LogP contribution in [0.25, 0.3) is 0 Å². The summed E-state index contributed by atoms with van der Waals surface area (Å²) in [4.78, 5) is 2.12. The minimum Gasteiger partial charge on any atom is -0.378 e. The molecule has 2 nitrogen and oxygen atoms in total. The van der Waals surface area contributed by atoms with Crippen molar-refractivity contribution in [3.05, 3.63) is 29.8 Å². The van der Waals surface area contributed by atoms with Crippen LogP contribution in [0.4, 0.5) is 5.69 Å². The summed E-state index contributed by atoms with van der Waals surface area (Å²) in [6.45, 7) is 1.13. The van der Waals surface area contributed by atoms with E-state index in [0.29, 0.717) is 5.37 Å². The fraction of sp³-hybridized carbons (Fsp3) is 0.455. The van der Waals surface area contributed by atoms with Crippen molar-refractivity contribution >= 4 is 17.4 Å². The van der Waals surface area contributed by atoms with Gasteiger partial charge in [-0.1, -0.05) is 12.1 Å². The third-order valence-corrected chi connectivity index (χ3v) is 3.64. The first-order valence-electron chi connectivity index (χ1n) is 4.89. The number of hydrogen-bond acceptors (Lipinski definition) is 3. The molecule has 14 heavy (non-hydrogen) atoms. The molecule has 1 heterocycles. The first-order valence-corrected chi connectivity index (χ1v) is 5.94. The van der Waals surface area contributed by atoms with Crippen molar-refractivity contribution in [2.45, 2.75) is 5.37 Å². The quantitative estimate of drug-likeness (QED) is 0.801. The molecule has 0 unspecified atom stereocenters. The monoisotopic (exact) mass is 208 g/mol. The SMILES string of the molecule is CN(C)c1ccc([C@@H]2NCCS2)cc1. The third-order valence-electron chi connectivity index (χ3n) is 2.43. The van der Waals surface area contributed by atoms with Crippen molar-refractivity contribution in [1.82, 2.24) is 5.32 Å². The van der Waals surface area contributed by atoms with Gasteiger partial charge in [0.05, 0.1) is 5.37 Å². The lowest BCUT2D eigenvalue weighted by molar-refractivity contribution is 0.751. The van der Waals surface area contributed by atoms with Gasteiger partial charge in [-0.05, 0) is 17.7 Å². The van der Waals surface area contributed by atoms with Crippen molar-refractivity contribution in [2.75, 3.05) is 31.3 Å². The number of nitrogens with one attached hydrogen (secondary N) is 1. The zero-order chi connectivity index (χ0) is 9.97.